The zero-order chi connectivity index (χ0) is 14.0. The van der Waals surface area contributed by atoms with E-state index in [9.17, 15) is 19.4 Å². The van der Waals surface area contributed by atoms with Gasteiger partial charge in [-0.05, 0) is 6.07 Å². The Balaban J connectivity index is 2.00. The van der Waals surface area contributed by atoms with Gasteiger partial charge in [0.25, 0.3) is 0 Å². The number of aromatic nitrogens is 2. The van der Waals surface area contributed by atoms with E-state index < -0.39 is 41.9 Å². The zero-order valence-electron chi connectivity index (χ0n) is 9.73. The van der Waals surface area contributed by atoms with Gasteiger partial charge in [-0.25, -0.2) is 9.18 Å². The van der Waals surface area contributed by atoms with Crippen molar-refractivity contribution in [2.45, 2.75) is 29.6 Å². The highest BCUT2D eigenvalue weighted by Crippen LogP contribution is 2.61. The van der Waals surface area contributed by atoms with Crippen LogP contribution in [0.25, 0.3) is 0 Å². The summed E-state index contributed by atoms with van der Waals surface area (Å²) >= 11 is 0. The maximum Gasteiger partial charge on any atom is 0.351 e. The van der Waals surface area contributed by atoms with Crippen molar-refractivity contribution in [2.24, 2.45) is 5.73 Å². The summed E-state index contributed by atoms with van der Waals surface area (Å²) in [4.78, 5) is 15.1. The average molecular weight is 272 g/mol. The summed E-state index contributed by atoms with van der Waals surface area (Å²) in [7, 11) is 0. The molecule has 1 aromatic heterocycles. The molecule has 1 saturated heterocycles. The molecule has 1 aromatic rings. The monoisotopic (exact) mass is 272 g/mol. The molecule has 2 fully saturated rings. The van der Waals surface area contributed by atoms with E-state index in [0.717, 1.165) is 4.57 Å². The van der Waals surface area contributed by atoms with E-state index in [4.69, 9.17) is 16.2 Å². The van der Waals surface area contributed by atoms with E-state index in [0.29, 0.717) is 0 Å². The molecule has 5 atom stereocenters. The number of hydrogen-bond acceptors (Lipinski definition) is 7. The Morgan fingerprint density at radius 2 is 2.32 bits per heavy atom. The van der Waals surface area contributed by atoms with Crippen LogP contribution in [0.2, 0.25) is 0 Å². The molecule has 6 N–H and O–H groups in total. The Bertz CT molecular complexity index is 591. The minimum Gasteiger partial charge on any atom is -0.393 e. The van der Waals surface area contributed by atoms with Crippen LogP contribution in [-0.2, 0) is 4.74 Å². The van der Waals surface area contributed by atoms with E-state index in [1.54, 1.807) is 0 Å². The third kappa shape index (κ3) is 1.25. The highest BCUT2D eigenvalue weighted by Gasteiger charge is 2.86. The Morgan fingerprint density at radius 3 is 2.84 bits per heavy atom. The summed E-state index contributed by atoms with van der Waals surface area (Å²) in [6.45, 7) is -0.640. The number of rotatable bonds is 2. The molecule has 8 nitrogen and oxygen atoms in total. The van der Waals surface area contributed by atoms with Crippen molar-refractivity contribution in [1.29, 1.82) is 0 Å². The van der Waals surface area contributed by atoms with Gasteiger partial charge in [0.2, 0.25) is 0 Å². The summed E-state index contributed by atoms with van der Waals surface area (Å²) in [6, 6.07) is 0.269. The fraction of sp³-hybridized carbons (Fsp3) is 0.600. The number of alkyl halides is 1. The quantitative estimate of drug-likeness (QED) is 0.467. The summed E-state index contributed by atoms with van der Waals surface area (Å²) in [5, 5.41) is 19.3. The van der Waals surface area contributed by atoms with Gasteiger partial charge in [0.15, 0.2) is 18.0 Å². The van der Waals surface area contributed by atoms with Crippen LogP contribution in [0.5, 0.6) is 0 Å². The Hall–Kier alpha value is -1.55. The van der Waals surface area contributed by atoms with Crippen LogP contribution in [-0.4, -0.2) is 49.8 Å². The topological polar surface area (TPSA) is 137 Å². The lowest BCUT2D eigenvalue weighted by molar-refractivity contribution is -0.0830. The molecule has 1 aliphatic carbocycles. The standard InChI is InChI=1S/C10H13FN4O4/c11-5-6(15-2-1-4(12)14-8(15)17)19-9(3-16)7(13)10(5,9)18/h1-2,5-7,16,18H,3,13H2,(H2,12,14,17)/t5-,6+,7?,9-,10+/m0/s1. The van der Waals surface area contributed by atoms with Gasteiger partial charge in [0.05, 0.1) is 12.6 Å². The minimum absolute atomic E-state index is 0.00732. The SMILES string of the molecule is Nc1ccn([C@@H]2O[C@@]3(CO)C(N)[C@]3(O)[C@H]2F)c(=O)n1. The van der Waals surface area contributed by atoms with Crippen LogP contribution in [0.4, 0.5) is 10.2 Å². The van der Waals surface area contributed by atoms with E-state index in [1.165, 1.54) is 12.3 Å². The van der Waals surface area contributed by atoms with Gasteiger partial charge in [0, 0.05) is 6.20 Å². The van der Waals surface area contributed by atoms with Gasteiger partial charge < -0.3 is 26.4 Å². The molecule has 0 bridgehead atoms. The van der Waals surface area contributed by atoms with E-state index in [2.05, 4.69) is 4.98 Å². The number of fused-ring (bicyclic) bond motifs is 1. The van der Waals surface area contributed by atoms with Crippen LogP contribution in [0.3, 0.4) is 0 Å². The molecule has 1 aliphatic heterocycles. The molecule has 3 rings (SSSR count). The largest absolute Gasteiger partial charge is 0.393 e. The number of halogens is 1. The highest BCUT2D eigenvalue weighted by atomic mass is 19.1. The van der Waals surface area contributed by atoms with Crippen molar-refractivity contribution in [1.82, 2.24) is 9.55 Å². The molecular formula is C10H13FN4O4. The Kier molecular flexibility index (Phi) is 2.31. The van der Waals surface area contributed by atoms with Crippen LogP contribution >= 0.6 is 0 Å². The lowest BCUT2D eigenvalue weighted by Gasteiger charge is -2.22. The first kappa shape index (κ1) is 12.5. The molecular weight excluding hydrogens is 259 g/mol. The lowest BCUT2D eigenvalue weighted by Crippen LogP contribution is -2.40. The smallest absolute Gasteiger partial charge is 0.351 e. The van der Waals surface area contributed by atoms with Gasteiger partial charge in [-0.3, -0.25) is 4.57 Å². The minimum atomic E-state index is -1.99. The number of aliphatic hydroxyl groups excluding tert-OH is 1. The molecule has 2 heterocycles. The molecule has 2 aliphatic rings. The molecule has 0 spiro atoms. The van der Waals surface area contributed by atoms with E-state index in [1.807, 2.05) is 0 Å². The lowest BCUT2D eigenvalue weighted by atomic mass is 10.1. The zero-order valence-corrected chi connectivity index (χ0v) is 9.73. The van der Waals surface area contributed by atoms with Crippen LogP contribution in [0, 0.1) is 0 Å². The molecule has 0 aromatic carbocycles. The second-order valence-electron chi connectivity index (χ2n) is 4.80. The van der Waals surface area contributed by atoms with Crippen molar-refractivity contribution in [3.8, 4) is 0 Å². The molecule has 9 heteroatoms. The summed E-state index contributed by atoms with van der Waals surface area (Å²) < 4.78 is 20.4. The Labute approximate surface area is 106 Å². The number of nitrogens with zero attached hydrogens (tertiary/aromatic N) is 2. The molecule has 1 saturated carbocycles. The van der Waals surface area contributed by atoms with Crippen molar-refractivity contribution in [3.63, 3.8) is 0 Å². The van der Waals surface area contributed by atoms with Crippen LogP contribution in [0.1, 0.15) is 6.23 Å². The van der Waals surface area contributed by atoms with Gasteiger partial charge >= 0.3 is 5.69 Å². The van der Waals surface area contributed by atoms with Gasteiger partial charge in [-0.1, -0.05) is 0 Å². The van der Waals surface area contributed by atoms with Crippen molar-refractivity contribution in [2.75, 3.05) is 12.3 Å². The summed E-state index contributed by atoms with van der Waals surface area (Å²) in [5.41, 5.74) is 6.50. The van der Waals surface area contributed by atoms with Crippen molar-refractivity contribution < 1.29 is 19.3 Å². The van der Waals surface area contributed by atoms with Crippen LogP contribution < -0.4 is 17.2 Å². The number of nitrogen functional groups attached to an aromatic ring is 1. The predicted octanol–water partition coefficient (Wildman–Crippen LogP) is -2.50. The number of anilines is 1. The second kappa shape index (κ2) is 3.51. The fourth-order valence-corrected chi connectivity index (χ4v) is 2.69. The summed E-state index contributed by atoms with van der Waals surface area (Å²) in [5.74, 6) is -0.00732. The third-order valence-corrected chi connectivity index (χ3v) is 3.93. The molecule has 1 unspecified atom stereocenters. The predicted molar refractivity (Wildman–Crippen MR) is 60.7 cm³/mol. The normalized spacial score (nSPS) is 44.1. The van der Waals surface area contributed by atoms with E-state index in [-0.39, 0.29) is 5.82 Å². The molecule has 0 radical (unpaired) electrons. The van der Waals surface area contributed by atoms with Gasteiger partial charge in [-0.15, -0.1) is 0 Å². The first-order valence-corrected chi connectivity index (χ1v) is 5.64. The first-order valence-electron chi connectivity index (χ1n) is 5.64. The van der Waals surface area contributed by atoms with Gasteiger partial charge in [0.1, 0.15) is 11.4 Å². The highest BCUT2D eigenvalue weighted by molar-refractivity contribution is 5.37. The van der Waals surface area contributed by atoms with Crippen LogP contribution in [0.15, 0.2) is 17.1 Å². The average Bonchev–Trinajstić information content (AvgIpc) is 2.73. The van der Waals surface area contributed by atoms with Crippen molar-refractivity contribution >= 4 is 5.82 Å². The number of hydrogen-bond donors (Lipinski definition) is 4. The van der Waals surface area contributed by atoms with E-state index >= 15 is 0 Å². The third-order valence-electron chi connectivity index (χ3n) is 3.93. The first-order chi connectivity index (χ1) is 8.88. The Morgan fingerprint density at radius 1 is 1.63 bits per heavy atom. The molecule has 104 valence electrons. The molecule has 0 amide bonds. The fourth-order valence-electron chi connectivity index (χ4n) is 2.69. The molecule has 19 heavy (non-hydrogen) atoms. The second-order valence-corrected chi connectivity index (χ2v) is 4.80. The van der Waals surface area contributed by atoms with Crippen molar-refractivity contribution in [3.05, 3.63) is 22.7 Å². The maximum atomic E-state index is 14.3. The number of nitrogens with two attached hydrogens (primary N) is 2. The maximum absolute atomic E-state index is 14.3. The number of ether oxygens (including phenoxy) is 1. The summed E-state index contributed by atoms with van der Waals surface area (Å²) in [6.07, 6.45) is -2.12. The number of aliphatic hydroxyl groups is 2. The van der Waals surface area contributed by atoms with Gasteiger partial charge in [-0.2, -0.15) is 4.98 Å².